The molecule has 5 nitrogen and oxygen atoms in total. The fourth-order valence-electron chi connectivity index (χ4n) is 4.31. The number of rotatable bonds is 5. The van der Waals surface area contributed by atoms with Crippen molar-refractivity contribution >= 4 is 5.91 Å². The Hall–Kier alpha value is -2.37. The van der Waals surface area contributed by atoms with E-state index in [4.69, 9.17) is 9.84 Å². The number of halogens is 1. The van der Waals surface area contributed by atoms with E-state index < -0.39 is 5.82 Å². The van der Waals surface area contributed by atoms with Gasteiger partial charge in [-0.2, -0.15) is 5.10 Å². The molecule has 1 atom stereocenters. The van der Waals surface area contributed by atoms with Crippen molar-refractivity contribution in [1.82, 2.24) is 15.1 Å². The molecule has 2 aromatic rings. The third kappa shape index (κ3) is 3.84. The summed E-state index contributed by atoms with van der Waals surface area (Å²) in [5, 5.41) is 7.94. The fourth-order valence-corrected chi connectivity index (χ4v) is 4.31. The molecular formula is C21H26FN3O2. The van der Waals surface area contributed by atoms with E-state index in [1.807, 2.05) is 0 Å². The predicted molar refractivity (Wildman–Crippen MR) is 100 cm³/mol. The van der Waals surface area contributed by atoms with Crippen molar-refractivity contribution in [3.63, 3.8) is 0 Å². The number of hydrogen-bond acceptors (Lipinski definition) is 3. The zero-order chi connectivity index (χ0) is 18.8. The normalized spacial score (nSPS) is 19.7. The minimum atomic E-state index is -0.446. The summed E-state index contributed by atoms with van der Waals surface area (Å²) in [6, 6.07) is 5.10. The largest absolute Gasteiger partial charge is 0.494 e. The van der Waals surface area contributed by atoms with E-state index in [0.717, 1.165) is 25.0 Å². The highest BCUT2D eigenvalue weighted by molar-refractivity contribution is 5.79. The van der Waals surface area contributed by atoms with E-state index in [9.17, 15) is 9.18 Å². The van der Waals surface area contributed by atoms with Crippen LogP contribution in [0.5, 0.6) is 5.75 Å². The van der Waals surface area contributed by atoms with Crippen LogP contribution in [0.1, 0.15) is 67.4 Å². The van der Waals surface area contributed by atoms with Gasteiger partial charge in [-0.15, -0.1) is 0 Å². The van der Waals surface area contributed by atoms with Crippen LogP contribution < -0.4 is 10.1 Å². The monoisotopic (exact) mass is 371 g/mol. The first-order valence-corrected chi connectivity index (χ1v) is 9.83. The van der Waals surface area contributed by atoms with Crippen molar-refractivity contribution in [2.24, 2.45) is 0 Å². The first kappa shape index (κ1) is 18.0. The second-order valence-electron chi connectivity index (χ2n) is 7.62. The first-order chi connectivity index (χ1) is 13.1. The molecule has 0 bridgehead atoms. The van der Waals surface area contributed by atoms with Gasteiger partial charge in [0.1, 0.15) is 0 Å². The Morgan fingerprint density at radius 2 is 2.11 bits per heavy atom. The topological polar surface area (TPSA) is 56.1 Å². The molecule has 4 rings (SSSR count). The molecular weight excluding hydrogens is 345 g/mol. The molecule has 2 aliphatic rings. The fraction of sp³-hybridized carbons (Fsp3) is 0.524. The van der Waals surface area contributed by atoms with Gasteiger partial charge in [0, 0.05) is 6.20 Å². The lowest BCUT2D eigenvalue weighted by Gasteiger charge is -2.22. The van der Waals surface area contributed by atoms with Crippen molar-refractivity contribution in [2.45, 2.75) is 63.5 Å². The summed E-state index contributed by atoms with van der Waals surface area (Å²) < 4.78 is 20.9. The highest BCUT2D eigenvalue weighted by Gasteiger charge is 2.27. The van der Waals surface area contributed by atoms with Gasteiger partial charge >= 0.3 is 0 Å². The Balaban J connectivity index is 1.44. The lowest BCUT2D eigenvalue weighted by molar-refractivity contribution is -0.121. The Labute approximate surface area is 158 Å². The molecule has 1 fully saturated rings. The van der Waals surface area contributed by atoms with Crippen molar-refractivity contribution in [2.75, 3.05) is 7.11 Å². The highest BCUT2D eigenvalue weighted by atomic mass is 19.1. The molecule has 1 heterocycles. The number of fused-ring (bicyclic) bond motifs is 1. The number of carbonyl (C=O) groups is 1. The minimum Gasteiger partial charge on any atom is -0.494 e. The summed E-state index contributed by atoms with van der Waals surface area (Å²) in [6.07, 6.45) is 10.2. The van der Waals surface area contributed by atoms with Crippen LogP contribution in [0.2, 0.25) is 0 Å². The van der Waals surface area contributed by atoms with E-state index in [2.05, 4.69) is 16.2 Å². The van der Waals surface area contributed by atoms with Crippen LogP contribution in [-0.2, 0) is 17.6 Å². The quantitative estimate of drug-likeness (QED) is 0.868. The van der Waals surface area contributed by atoms with Crippen molar-refractivity contribution in [3.8, 4) is 5.75 Å². The summed E-state index contributed by atoms with van der Waals surface area (Å²) in [7, 11) is 1.43. The van der Waals surface area contributed by atoms with Gasteiger partial charge in [-0.25, -0.2) is 4.39 Å². The molecule has 0 saturated heterocycles. The molecule has 0 radical (unpaired) electrons. The third-order valence-corrected chi connectivity index (χ3v) is 5.72. The van der Waals surface area contributed by atoms with E-state index in [0.29, 0.717) is 11.6 Å². The Morgan fingerprint density at radius 3 is 2.85 bits per heavy atom. The van der Waals surface area contributed by atoms with Gasteiger partial charge in [-0.1, -0.05) is 18.9 Å². The molecule has 1 amide bonds. The molecule has 2 aliphatic carbocycles. The maximum absolute atomic E-state index is 13.8. The Bertz CT molecular complexity index is 827. The summed E-state index contributed by atoms with van der Waals surface area (Å²) in [6.45, 7) is 0. The SMILES string of the molecule is COc1ccc(CC(=O)NC2CCCc3cn(C4CCCC4)nc32)cc1F. The summed E-state index contributed by atoms with van der Waals surface area (Å²) >= 11 is 0. The van der Waals surface area contributed by atoms with Crippen molar-refractivity contribution in [3.05, 3.63) is 47.0 Å². The molecule has 6 heteroatoms. The maximum atomic E-state index is 13.8. The molecule has 1 saturated carbocycles. The van der Waals surface area contributed by atoms with Gasteiger partial charge in [0.2, 0.25) is 5.91 Å². The zero-order valence-electron chi connectivity index (χ0n) is 15.7. The first-order valence-electron chi connectivity index (χ1n) is 9.83. The summed E-state index contributed by atoms with van der Waals surface area (Å²) in [4.78, 5) is 12.5. The highest BCUT2D eigenvalue weighted by Crippen LogP contribution is 2.33. The van der Waals surface area contributed by atoms with Crippen molar-refractivity contribution < 1.29 is 13.9 Å². The standard InChI is InChI=1S/C21H26FN3O2/c1-27-19-10-9-14(11-17(19)22)12-20(26)23-18-8-4-5-15-13-25(24-21(15)18)16-6-2-3-7-16/h9-11,13,16,18H,2-8,12H2,1H3,(H,23,26). The van der Waals surface area contributed by atoms with Gasteiger partial charge in [-0.3, -0.25) is 9.48 Å². The number of aryl methyl sites for hydroxylation is 1. The number of hydrogen-bond donors (Lipinski definition) is 1. The maximum Gasteiger partial charge on any atom is 0.224 e. The van der Waals surface area contributed by atoms with E-state index in [-0.39, 0.29) is 24.1 Å². The van der Waals surface area contributed by atoms with E-state index in [1.54, 1.807) is 12.1 Å². The van der Waals surface area contributed by atoms with E-state index >= 15 is 0 Å². The molecule has 1 aromatic carbocycles. The molecule has 0 spiro atoms. The summed E-state index contributed by atoms with van der Waals surface area (Å²) in [5.74, 6) is -0.362. The lowest BCUT2D eigenvalue weighted by atomic mass is 9.93. The van der Waals surface area contributed by atoms with Gasteiger partial charge in [-0.05, 0) is 55.4 Å². The third-order valence-electron chi connectivity index (χ3n) is 5.72. The molecule has 144 valence electrons. The molecule has 1 aromatic heterocycles. The van der Waals surface area contributed by atoms with Crippen LogP contribution in [0.3, 0.4) is 0 Å². The molecule has 27 heavy (non-hydrogen) atoms. The van der Waals surface area contributed by atoms with Crippen LogP contribution >= 0.6 is 0 Å². The van der Waals surface area contributed by atoms with Crippen molar-refractivity contribution in [1.29, 1.82) is 0 Å². The number of carbonyl (C=O) groups excluding carboxylic acids is 1. The van der Waals surface area contributed by atoms with Gasteiger partial charge in [0.05, 0.1) is 31.3 Å². The van der Waals surface area contributed by atoms with Crippen LogP contribution in [0.4, 0.5) is 4.39 Å². The smallest absolute Gasteiger partial charge is 0.224 e. The van der Waals surface area contributed by atoms with Gasteiger partial charge in [0.15, 0.2) is 11.6 Å². The number of methoxy groups -OCH3 is 1. The predicted octanol–water partition coefficient (Wildman–Crippen LogP) is 3.88. The number of nitrogens with zero attached hydrogens (tertiary/aromatic N) is 2. The van der Waals surface area contributed by atoms with Crippen LogP contribution in [0.15, 0.2) is 24.4 Å². The summed E-state index contributed by atoms with van der Waals surface area (Å²) in [5.41, 5.74) is 2.91. The number of nitrogens with one attached hydrogen (secondary N) is 1. The second kappa shape index (κ2) is 7.71. The van der Waals surface area contributed by atoms with E-state index in [1.165, 1.54) is 44.4 Å². The Morgan fingerprint density at radius 1 is 1.30 bits per heavy atom. The molecule has 1 N–H and O–H groups in total. The van der Waals surface area contributed by atoms with Crippen LogP contribution in [-0.4, -0.2) is 22.8 Å². The number of aromatic nitrogens is 2. The molecule has 1 unspecified atom stereocenters. The number of ether oxygens (including phenoxy) is 1. The van der Waals surface area contributed by atoms with Crippen LogP contribution in [0.25, 0.3) is 0 Å². The zero-order valence-corrected chi connectivity index (χ0v) is 15.7. The number of amides is 1. The lowest BCUT2D eigenvalue weighted by Crippen LogP contribution is -2.32. The van der Waals surface area contributed by atoms with Gasteiger partial charge in [0.25, 0.3) is 0 Å². The minimum absolute atomic E-state index is 0.0491. The Kier molecular flexibility index (Phi) is 5.14. The molecule has 0 aliphatic heterocycles. The average Bonchev–Trinajstić information content (AvgIpc) is 3.31. The number of benzene rings is 1. The second-order valence-corrected chi connectivity index (χ2v) is 7.62. The average molecular weight is 371 g/mol. The van der Waals surface area contributed by atoms with Gasteiger partial charge < -0.3 is 10.1 Å². The van der Waals surface area contributed by atoms with Crippen LogP contribution in [0, 0.1) is 5.82 Å².